The first-order chi connectivity index (χ1) is 9.25. The predicted molar refractivity (Wildman–Crippen MR) is 75.7 cm³/mol. The van der Waals surface area contributed by atoms with E-state index in [4.69, 9.17) is 11.6 Å². The van der Waals surface area contributed by atoms with E-state index < -0.39 is 0 Å². The van der Waals surface area contributed by atoms with Crippen LogP contribution in [-0.2, 0) is 0 Å². The van der Waals surface area contributed by atoms with Gasteiger partial charge in [-0.1, -0.05) is 19.3 Å². The highest BCUT2D eigenvalue weighted by molar-refractivity contribution is 6.21. The lowest BCUT2D eigenvalue weighted by molar-refractivity contribution is 0.625. The molecule has 0 amide bonds. The van der Waals surface area contributed by atoms with Gasteiger partial charge in [-0.15, -0.1) is 21.8 Å². The number of aromatic nitrogens is 4. The van der Waals surface area contributed by atoms with Crippen LogP contribution >= 0.6 is 11.6 Å². The molecule has 102 valence electrons. The SMILES string of the molecule is Cc1nnc2c(NC3CCCCCC3Cl)nccn12. The van der Waals surface area contributed by atoms with Crippen LogP contribution in [0, 0.1) is 6.92 Å². The Morgan fingerprint density at radius 3 is 3.00 bits per heavy atom. The molecule has 2 aromatic heterocycles. The zero-order valence-corrected chi connectivity index (χ0v) is 11.8. The van der Waals surface area contributed by atoms with Crippen LogP contribution in [0.2, 0.25) is 0 Å². The summed E-state index contributed by atoms with van der Waals surface area (Å²) in [6.45, 7) is 1.93. The third-order valence-corrected chi connectivity index (χ3v) is 4.27. The molecular formula is C13H18ClN5. The van der Waals surface area contributed by atoms with Crippen molar-refractivity contribution >= 4 is 23.1 Å². The van der Waals surface area contributed by atoms with Gasteiger partial charge in [-0.3, -0.25) is 4.40 Å². The summed E-state index contributed by atoms with van der Waals surface area (Å²) in [5.74, 6) is 1.64. The molecule has 0 spiro atoms. The summed E-state index contributed by atoms with van der Waals surface area (Å²) >= 11 is 6.46. The molecule has 2 atom stereocenters. The molecule has 5 nitrogen and oxygen atoms in total. The number of nitrogens with one attached hydrogen (secondary N) is 1. The molecule has 1 aliphatic carbocycles. The van der Waals surface area contributed by atoms with E-state index in [0.717, 1.165) is 30.1 Å². The highest BCUT2D eigenvalue weighted by Gasteiger charge is 2.23. The minimum Gasteiger partial charge on any atom is -0.363 e. The van der Waals surface area contributed by atoms with Crippen molar-refractivity contribution in [3.05, 3.63) is 18.2 Å². The number of fused-ring (bicyclic) bond motifs is 1. The molecule has 1 fully saturated rings. The van der Waals surface area contributed by atoms with Gasteiger partial charge in [0, 0.05) is 18.4 Å². The Morgan fingerprint density at radius 1 is 1.26 bits per heavy atom. The van der Waals surface area contributed by atoms with Gasteiger partial charge in [0.05, 0.1) is 5.38 Å². The Labute approximate surface area is 117 Å². The van der Waals surface area contributed by atoms with Gasteiger partial charge in [-0.2, -0.15) is 0 Å². The molecule has 1 N–H and O–H groups in total. The van der Waals surface area contributed by atoms with Crippen molar-refractivity contribution < 1.29 is 0 Å². The molecule has 0 bridgehead atoms. The zero-order chi connectivity index (χ0) is 13.2. The Bertz CT molecular complexity index is 567. The van der Waals surface area contributed by atoms with Gasteiger partial charge in [0.25, 0.3) is 0 Å². The standard InChI is InChI=1S/C13H18ClN5/c1-9-17-18-13-12(15-7-8-19(9)13)16-11-6-4-2-3-5-10(11)14/h7-8,10-11H,2-6H2,1H3,(H,15,16). The molecule has 19 heavy (non-hydrogen) atoms. The predicted octanol–water partition coefficient (Wildman–Crippen LogP) is 2.78. The average molecular weight is 280 g/mol. The van der Waals surface area contributed by atoms with Crippen molar-refractivity contribution in [3.63, 3.8) is 0 Å². The van der Waals surface area contributed by atoms with Crippen molar-refractivity contribution in [1.82, 2.24) is 19.6 Å². The number of nitrogens with zero attached hydrogens (tertiary/aromatic N) is 4. The quantitative estimate of drug-likeness (QED) is 0.678. The third kappa shape index (κ3) is 2.52. The number of anilines is 1. The van der Waals surface area contributed by atoms with E-state index in [1.807, 2.05) is 17.5 Å². The molecule has 0 radical (unpaired) electrons. The fourth-order valence-electron chi connectivity index (χ4n) is 2.64. The number of alkyl halides is 1. The number of aryl methyl sites for hydroxylation is 1. The van der Waals surface area contributed by atoms with Crippen LogP contribution in [0.25, 0.3) is 5.65 Å². The van der Waals surface area contributed by atoms with Crippen molar-refractivity contribution in [1.29, 1.82) is 0 Å². The Kier molecular flexibility index (Phi) is 3.55. The van der Waals surface area contributed by atoms with Crippen molar-refractivity contribution in [3.8, 4) is 0 Å². The maximum absolute atomic E-state index is 6.46. The van der Waals surface area contributed by atoms with Crippen LogP contribution in [0.5, 0.6) is 0 Å². The summed E-state index contributed by atoms with van der Waals surface area (Å²) in [5, 5.41) is 11.9. The van der Waals surface area contributed by atoms with Crippen LogP contribution in [0.4, 0.5) is 5.82 Å². The summed E-state index contributed by atoms with van der Waals surface area (Å²) in [6, 6.07) is 0.264. The number of rotatable bonds is 2. The molecule has 2 aromatic rings. The van der Waals surface area contributed by atoms with Gasteiger partial charge in [0.1, 0.15) is 5.82 Å². The fraction of sp³-hybridized carbons (Fsp3) is 0.615. The summed E-state index contributed by atoms with van der Waals surface area (Å²) < 4.78 is 1.94. The highest BCUT2D eigenvalue weighted by atomic mass is 35.5. The first-order valence-corrected chi connectivity index (χ1v) is 7.26. The highest BCUT2D eigenvalue weighted by Crippen LogP contribution is 2.25. The van der Waals surface area contributed by atoms with E-state index >= 15 is 0 Å². The largest absolute Gasteiger partial charge is 0.363 e. The molecule has 1 aliphatic rings. The van der Waals surface area contributed by atoms with E-state index in [-0.39, 0.29) is 11.4 Å². The molecule has 0 saturated heterocycles. The van der Waals surface area contributed by atoms with Gasteiger partial charge in [0.15, 0.2) is 5.82 Å². The Morgan fingerprint density at radius 2 is 2.11 bits per heavy atom. The molecule has 6 heteroatoms. The summed E-state index contributed by atoms with van der Waals surface area (Å²) in [4.78, 5) is 4.39. The molecule has 1 saturated carbocycles. The van der Waals surface area contributed by atoms with E-state index in [1.54, 1.807) is 6.20 Å². The van der Waals surface area contributed by atoms with Crippen LogP contribution < -0.4 is 5.32 Å². The fourth-order valence-corrected chi connectivity index (χ4v) is 2.99. The lowest BCUT2D eigenvalue weighted by Crippen LogP contribution is -2.29. The second-order valence-corrected chi connectivity index (χ2v) is 5.68. The van der Waals surface area contributed by atoms with E-state index in [9.17, 15) is 0 Å². The van der Waals surface area contributed by atoms with Crippen molar-refractivity contribution in [2.45, 2.75) is 50.4 Å². The molecule has 2 unspecified atom stereocenters. The number of hydrogen-bond acceptors (Lipinski definition) is 4. The van der Waals surface area contributed by atoms with Gasteiger partial charge in [-0.25, -0.2) is 4.98 Å². The van der Waals surface area contributed by atoms with E-state index in [0.29, 0.717) is 0 Å². The second-order valence-electron chi connectivity index (χ2n) is 5.12. The van der Waals surface area contributed by atoms with E-state index in [2.05, 4.69) is 20.5 Å². The maximum atomic E-state index is 6.46. The lowest BCUT2D eigenvalue weighted by Gasteiger charge is -2.21. The topological polar surface area (TPSA) is 55.1 Å². The monoisotopic (exact) mass is 279 g/mol. The van der Waals surface area contributed by atoms with Gasteiger partial charge < -0.3 is 5.32 Å². The van der Waals surface area contributed by atoms with Crippen LogP contribution in [0.15, 0.2) is 12.4 Å². The van der Waals surface area contributed by atoms with Crippen LogP contribution in [0.3, 0.4) is 0 Å². The smallest absolute Gasteiger partial charge is 0.203 e. The summed E-state index contributed by atoms with van der Waals surface area (Å²) in [6.07, 6.45) is 9.50. The van der Waals surface area contributed by atoms with Crippen LogP contribution in [-0.4, -0.2) is 31.0 Å². The zero-order valence-electron chi connectivity index (χ0n) is 11.0. The normalized spacial score (nSPS) is 24.3. The summed E-state index contributed by atoms with van der Waals surface area (Å²) in [5.41, 5.74) is 0.771. The second kappa shape index (κ2) is 5.33. The average Bonchev–Trinajstić information content (AvgIpc) is 2.67. The van der Waals surface area contributed by atoms with Gasteiger partial charge in [-0.05, 0) is 19.8 Å². The Hall–Kier alpha value is -1.36. The first-order valence-electron chi connectivity index (χ1n) is 6.82. The van der Waals surface area contributed by atoms with E-state index in [1.165, 1.54) is 19.3 Å². The summed E-state index contributed by atoms with van der Waals surface area (Å²) in [7, 11) is 0. The first kappa shape index (κ1) is 12.7. The molecule has 0 aliphatic heterocycles. The van der Waals surface area contributed by atoms with Gasteiger partial charge >= 0.3 is 0 Å². The number of hydrogen-bond donors (Lipinski definition) is 1. The van der Waals surface area contributed by atoms with Crippen molar-refractivity contribution in [2.24, 2.45) is 0 Å². The minimum absolute atomic E-state index is 0.161. The maximum Gasteiger partial charge on any atom is 0.203 e. The lowest BCUT2D eigenvalue weighted by atomic mass is 10.1. The number of halogens is 1. The molecule has 0 aromatic carbocycles. The van der Waals surface area contributed by atoms with Crippen LogP contribution in [0.1, 0.15) is 37.9 Å². The third-order valence-electron chi connectivity index (χ3n) is 3.75. The van der Waals surface area contributed by atoms with Gasteiger partial charge in [0.2, 0.25) is 5.65 Å². The van der Waals surface area contributed by atoms with Crippen molar-refractivity contribution in [2.75, 3.05) is 5.32 Å². The molecule has 3 rings (SSSR count). The molecule has 2 heterocycles. The minimum atomic E-state index is 0.161. The molecular weight excluding hydrogens is 262 g/mol. The Balaban J connectivity index is 1.88.